The first-order chi connectivity index (χ1) is 8.26. The van der Waals surface area contributed by atoms with Crippen LogP contribution in [0.1, 0.15) is 30.5 Å². The molecule has 1 N–H and O–H groups in total. The normalized spacial score (nSPS) is 30.2. The van der Waals surface area contributed by atoms with Crippen molar-refractivity contribution < 1.29 is 4.74 Å². The first-order valence-corrected chi connectivity index (χ1v) is 6.06. The number of pyridine rings is 1. The van der Waals surface area contributed by atoms with Crippen molar-refractivity contribution in [2.45, 2.75) is 44.4 Å². The number of nitrogens with one attached hydrogen (secondary N) is 1. The average molecular weight is 229 g/mol. The van der Waals surface area contributed by atoms with Gasteiger partial charge in [-0.3, -0.25) is 0 Å². The molecule has 3 atom stereocenters. The molecule has 4 nitrogen and oxygen atoms in total. The standard InChI is InChI=1S/C13H15N3O/c1-8-2-3-9(7-14)13(15-8)16-11-6-10-4-5-12(11)17-10/h2-3,10-12H,4-6H2,1H3,(H,15,16). The van der Waals surface area contributed by atoms with Crippen LogP contribution < -0.4 is 5.32 Å². The summed E-state index contributed by atoms with van der Waals surface area (Å²) in [5, 5.41) is 12.4. The van der Waals surface area contributed by atoms with Crippen LogP contribution in [0.15, 0.2) is 12.1 Å². The van der Waals surface area contributed by atoms with Crippen LogP contribution in [0.4, 0.5) is 5.82 Å². The van der Waals surface area contributed by atoms with E-state index >= 15 is 0 Å². The molecule has 0 spiro atoms. The molecule has 2 fully saturated rings. The van der Waals surface area contributed by atoms with Crippen molar-refractivity contribution in [3.05, 3.63) is 23.4 Å². The van der Waals surface area contributed by atoms with Crippen molar-refractivity contribution in [2.24, 2.45) is 0 Å². The molecule has 2 aliphatic heterocycles. The van der Waals surface area contributed by atoms with Gasteiger partial charge in [0.05, 0.1) is 23.8 Å². The summed E-state index contributed by atoms with van der Waals surface area (Å²) in [7, 11) is 0. The molecule has 0 radical (unpaired) electrons. The summed E-state index contributed by atoms with van der Waals surface area (Å²) in [5.74, 6) is 0.702. The molecule has 2 saturated heterocycles. The summed E-state index contributed by atoms with van der Waals surface area (Å²) in [5.41, 5.74) is 1.54. The first-order valence-electron chi connectivity index (χ1n) is 6.06. The Balaban J connectivity index is 1.81. The molecule has 0 amide bonds. The topological polar surface area (TPSA) is 57.9 Å². The fraction of sp³-hybridized carbons (Fsp3) is 0.538. The fourth-order valence-electron chi connectivity index (χ4n) is 2.72. The predicted octanol–water partition coefficient (Wildman–Crippen LogP) is 1.99. The number of hydrogen-bond donors (Lipinski definition) is 1. The molecule has 0 aromatic carbocycles. The Morgan fingerprint density at radius 2 is 2.35 bits per heavy atom. The minimum Gasteiger partial charge on any atom is -0.373 e. The van der Waals surface area contributed by atoms with Crippen LogP contribution in [-0.4, -0.2) is 23.2 Å². The second kappa shape index (κ2) is 4.01. The van der Waals surface area contributed by atoms with Gasteiger partial charge in [0.1, 0.15) is 11.9 Å². The van der Waals surface area contributed by atoms with E-state index in [1.54, 1.807) is 0 Å². The SMILES string of the molecule is Cc1ccc(C#N)c(NC2CC3CCC2O3)n1. The second-order valence-electron chi connectivity index (χ2n) is 4.82. The number of nitrogens with zero attached hydrogens (tertiary/aromatic N) is 2. The molecule has 0 aliphatic carbocycles. The molecule has 0 saturated carbocycles. The Morgan fingerprint density at radius 3 is 3.00 bits per heavy atom. The van der Waals surface area contributed by atoms with Crippen molar-refractivity contribution in [3.63, 3.8) is 0 Å². The highest BCUT2D eigenvalue weighted by atomic mass is 16.5. The van der Waals surface area contributed by atoms with E-state index in [-0.39, 0.29) is 0 Å². The lowest BCUT2D eigenvalue weighted by Gasteiger charge is -2.21. The number of fused-ring (bicyclic) bond motifs is 2. The first kappa shape index (κ1) is 10.5. The number of ether oxygens (including phenoxy) is 1. The molecular weight excluding hydrogens is 214 g/mol. The maximum atomic E-state index is 9.05. The molecule has 3 unspecified atom stereocenters. The predicted molar refractivity (Wildman–Crippen MR) is 63.6 cm³/mol. The number of aromatic nitrogens is 1. The summed E-state index contributed by atoms with van der Waals surface area (Å²) in [6, 6.07) is 6.17. The lowest BCUT2D eigenvalue weighted by Crippen LogP contribution is -2.31. The van der Waals surface area contributed by atoms with Crippen molar-refractivity contribution in [2.75, 3.05) is 5.32 Å². The van der Waals surface area contributed by atoms with E-state index in [9.17, 15) is 0 Å². The molecule has 2 aliphatic rings. The van der Waals surface area contributed by atoms with E-state index in [4.69, 9.17) is 10.00 Å². The Bertz CT molecular complexity index is 480. The molecular formula is C13H15N3O. The minimum atomic E-state index is 0.300. The minimum absolute atomic E-state index is 0.300. The third-order valence-corrected chi connectivity index (χ3v) is 3.58. The van der Waals surface area contributed by atoms with Gasteiger partial charge >= 0.3 is 0 Å². The average Bonchev–Trinajstić information content (AvgIpc) is 2.91. The van der Waals surface area contributed by atoms with Gasteiger partial charge in [0.2, 0.25) is 0 Å². The number of rotatable bonds is 2. The number of hydrogen-bond acceptors (Lipinski definition) is 4. The zero-order chi connectivity index (χ0) is 11.8. The lowest BCUT2D eigenvalue weighted by atomic mass is 9.95. The monoisotopic (exact) mass is 229 g/mol. The maximum absolute atomic E-state index is 9.05. The van der Waals surface area contributed by atoms with Crippen LogP contribution in [0.2, 0.25) is 0 Å². The maximum Gasteiger partial charge on any atom is 0.144 e. The molecule has 4 heteroatoms. The van der Waals surface area contributed by atoms with E-state index < -0.39 is 0 Å². The molecule has 1 aromatic heterocycles. The van der Waals surface area contributed by atoms with Crippen molar-refractivity contribution in [3.8, 4) is 6.07 Å². The van der Waals surface area contributed by atoms with Crippen molar-refractivity contribution >= 4 is 5.82 Å². The number of anilines is 1. The molecule has 17 heavy (non-hydrogen) atoms. The highest BCUT2D eigenvalue weighted by Gasteiger charge is 2.41. The summed E-state index contributed by atoms with van der Waals surface area (Å²) in [6.07, 6.45) is 4.04. The van der Waals surface area contributed by atoms with Gasteiger partial charge in [0, 0.05) is 5.69 Å². The van der Waals surface area contributed by atoms with Crippen LogP contribution in [-0.2, 0) is 4.74 Å². The molecule has 3 rings (SSSR count). The second-order valence-corrected chi connectivity index (χ2v) is 4.82. The Morgan fingerprint density at radius 1 is 1.47 bits per heavy atom. The lowest BCUT2D eigenvalue weighted by molar-refractivity contribution is 0.102. The highest BCUT2D eigenvalue weighted by Crippen LogP contribution is 2.36. The van der Waals surface area contributed by atoms with E-state index in [2.05, 4.69) is 16.4 Å². The van der Waals surface area contributed by atoms with Gasteiger partial charge in [-0.1, -0.05) is 0 Å². The van der Waals surface area contributed by atoms with E-state index in [1.807, 2.05) is 19.1 Å². The van der Waals surface area contributed by atoms with Gasteiger partial charge in [-0.25, -0.2) is 4.98 Å². The third-order valence-electron chi connectivity index (χ3n) is 3.58. The summed E-state index contributed by atoms with van der Waals surface area (Å²) < 4.78 is 5.79. The van der Waals surface area contributed by atoms with Crippen LogP contribution in [0.5, 0.6) is 0 Å². The third kappa shape index (κ3) is 1.87. The summed E-state index contributed by atoms with van der Waals surface area (Å²) >= 11 is 0. The van der Waals surface area contributed by atoms with Crippen LogP contribution >= 0.6 is 0 Å². The Hall–Kier alpha value is -1.60. The van der Waals surface area contributed by atoms with Crippen molar-refractivity contribution in [1.29, 1.82) is 5.26 Å². The zero-order valence-corrected chi connectivity index (χ0v) is 9.81. The fourth-order valence-corrected chi connectivity index (χ4v) is 2.72. The number of aryl methyl sites for hydroxylation is 1. The van der Waals surface area contributed by atoms with Gasteiger partial charge in [-0.15, -0.1) is 0 Å². The van der Waals surface area contributed by atoms with E-state index in [1.165, 1.54) is 6.42 Å². The summed E-state index contributed by atoms with van der Waals surface area (Å²) in [6.45, 7) is 1.93. The van der Waals surface area contributed by atoms with E-state index in [0.29, 0.717) is 29.6 Å². The highest BCUT2D eigenvalue weighted by molar-refractivity contribution is 5.53. The molecule has 88 valence electrons. The van der Waals surface area contributed by atoms with Gasteiger partial charge in [0.15, 0.2) is 0 Å². The molecule has 2 bridgehead atoms. The smallest absolute Gasteiger partial charge is 0.144 e. The quantitative estimate of drug-likeness (QED) is 0.842. The number of nitriles is 1. The van der Waals surface area contributed by atoms with Crippen LogP contribution in [0, 0.1) is 18.3 Å². The largest absolute Gasteiger partial charge is 0.373 e. The van der Waals surface area contributed by atoms with Gasteiger partial charge in [-0.2, -0.15) is 5.26 Å². The molecule has 3 heterocycles. The van der Waals surface area contributed by atoms with E-state index in [0.717, 1.165) is 18.5 Å². The van der Waals surface area contributed by atoms with Crippen LogP contribution in [0.3, 0.4) is 0 Å². The Kier molecular flexibility index (Phi) is 2.49. The van der Waals surface area contributed by atoms with Gasteiger partial charge in [0.25, 0.3) is 0 Å². The molecule has 1 aromatic rings. The van der Waals surface area contributed by atoms with Gasteiger partial charge < -0.3 is 10.1 Å². The summed E-state index contributed by atoms with van der Waals surface area (Å²) in [4.78, 5) is 4.40. The van der Waals surface area contributed by atoms with Crippen molar-refractivity contribution in [1.82, 2.24) is 4.98 Å². The Labute approximate surface area is 101 Å². The van der Waals surface area contributed by atoms with Crippen LogP contribution in [0.25, 0.3) is 0 Å². The van der Waals surface area contributed by atoms with Gasteiger partial charge in [-0.05, 0) is 38.3 Å². The zero-order valence-electron chi connectivity index (χ0n) is 9.81.